The third-order valence-electron chi connectivity index (χ3n) is 11.0. The Hall–Kier alpha value is 0. The van der Waals surface area contributed by atoms with Crippen LogP contribution in [0.2, 0.25) is 0 Å². The van der Waals surface area contributed by atoms with Crippen LogP contribution in [0.15, 0.2) is 0 Å². The largest absolute Gasteiger partial charge is 0.0628 e. The molecule has 0 amide bonds. The van der Waals surface area contributed by atoms with Crippen LogP contribution in [-0.4, -0.2) is 0 Å². The average Bonchev–Trinajstić information content (AvgIpc) is 2.99. The number of fused-ring (bicyclic) bond motifs is 3. The SMILES string of the molecule is CC(C)CCC[C@@H](C)CCCC(C)[C@@H]1CC[C@H]2[C@@]1(C)CC[C@H]1C(C)(C)CCC[C@]21C. The molecule has 0 heteroatoms. The van der Waals surface area contributed by atoms with E-state index in [0.717, 1.165) is 35.5 Å². The minimum absolute atomic E-state index is 0.573. The van der Waals surface area contributed by atoms with E-state index < -0.39 is 0 Å². The monoisotopic (exact) mass is 416 g/mol. The predicted octanol–water partition coefficient (Wildman–Crippen LogP) is 9.91. The first-order valence-electron chi connectivity index (χ1n) is 14.0. The highest BCUT2D eigenvalue weighted by Crippen LogP contribution is 2.70. The number of hydrogen-bond acceptors (Lipinski definition) is 0. The van der Waals surface area contributed by atoms with Gasteiger partial charge in [-0.15, -0.1) is 0 Å². The molecule has 3 aliphatic carbocycles. The van der Waals surface area contributed by atoms with Gasteiger partial charge in [-0.05, 0) is 90.3 Å². The molecule has 0 spiro atoms. The zero-order valence-electron chi connectivity index (χ0n) is 22.2. The molecule has 1 unspecified atom stereocenters. The van der Waals surface area contributed by atoms with E-state index in [9.17, 15) is 0 Å². The van der Waals surface area contributed by atoms with Gasteiger partial charge < -0.3 is 0 Å². The van der Waals surface area contributed by atoms with Crippen LogP contribution >= 0.6 is 0 Å². The summed E-state index contributed by atoms with van der Waals surface area (Å²) in [5, 5.41) is 0. The molecule has 176 valence electrons. The first-order chi connectivity index (χ1) is 14.0. The molecule has 30 heavy (non-hydrogen) atoms. The van der Waals surface area contributed by atoms with Crippen molar-refractivity contribution in [3.63, 3.8) is 0 Å². The van der Waals surface area contributed by atoms with Gasteiger partial charge in [-0.1, -0.05) is 100 Å². The summed E-state index contributed by atoms with van der Waals surface area (Å²) in [5.41, 5.74) is 1.82. The van der Waals surface area contributed by atoms with Crippen LogP contribution < -0.4 is 0 Å². The van der Waals surface area contributed by atoms with E-state index in [2.05, 4.69) is 55.4 Å². The summed E-state index contributed by atoms with van der Waals surface area (Å²) in [7, 11) is 0. The van der Waals surface area contributed by atoms with E-state index in [4.69, 9.17) is 0 Å². The molecule has 0 aromatic carbocycles. The minimum Gasteiger partial charge on any atom is -0.0628 e. The fraction of sp³-hybridized carbons (Fsp3) is 1.00. The van der Waals surface area contributed by atoms with E-state index in [1.165, 1.54) is 83.5 Å². The van der Waals surface area contributed by atoms with Gasteiger partial charge in [-0.2, -0.15) is 0 Å². The standard InChI is InChI=1S/C30H56/c1-22(2)12-9-13-23(3)14-10-15-24(4)25-16-17-27-29(25,7)21-18-26-28(5,6)19-11-20-30(26,27)8/h22-27H,9-21H2,1-8H3/t23-,24?,25+,26+,27+,29+,30+/m1/s1. The second kappa shape index (κ2) is 9.47. The fourth-order valence-electron chi connectivity index (χ4n) is 9.41. The van der Waals surface area contributed by atoms with Gasteiger partial charge in [0.2, 0.25) is 0 Å². The lowest BCUT2D eigenvalue weighted by Gasteiger charge is -2.62. The molecule has 0 aromatic rings. The number of rotatable bonds is 9. The maximum Gasteiger partial charge on any atom is -0.0259 e. The molecule has 0 bridgehead atoms. The van der Waals surface area contributed by atoms with Crippen molar-refractivity contribution in [1.29, 1.82) is 0 Å². The molecule has 7 atom stereocenters. The zero-order valence-corrected chi connectivity index (χ0v) is 22.2. The maximum atomic E-state index is 2.74. The molecule has 3 aliphatic rings. The van der Waals surface area contributed by atoms with Crippen LogP contribution in [0, 0.1) is 51.8 Å². The highest BCUT2D eigenvalue weighted by atomic mass is 14.7. The minimum atomic E-state index is 0.573. The molecule has 3 rings (SSSR count). The summed E-state index contributed by atoms with van der Waals surface area (Å²) in [6.07, 6.45) is 19.2. The average molecular weight is 417 g/mol. The van der Waals surface area contributed by atoms with E-state index >= 15 is 0 Å². The Labute approximate surface area is 190 Å². The maximum absolute atomic E-state index is 2.74. The Kier molecular flexibility index (Phi) is 7.78. The molecule has 0 saturated heterocycles. The lowest BCUT2D eigenvalue weighted by molar-refractivity contribution is -0.130. The molecular formula is C30H56. The summed E-state index contributed by atoms with van der Waals surface area (Å²) >= 11 is 0. The van der Waals surface area contributed by atoms with Gasteiger partial charge >= 0.3 is 0 Å². The summed E-state index contributed by atoms with van der Waals surface area (Å²) in [6, 6.07) is 0. The van der Waals surface area contributed by atoms with Crippen LogP contribution in [0.25, 0.3) is 0 Å². The van der Waals surface area contributed by atoms with E-state index in [1.54, 1.807) is 0 Å². The molecule has 0 radical (unpaired) electrons. The van der Waals surface area contributed by atoms with E-state index in [-0.39, 0.29) is 0 Å². The van der Waals surface area contributed by atoms with Crippen LogP contribution in [0.1, 0.15) is 139 Å². The lowest BCUT2D eigenvalue weighted by Crippen LogP contribution is -2.54. The Morgan fingerprint density at radius 3 is 2.00 bits per heavy atom. The van der Waals surface area contributed by atoms with Crippen molar-refractivity contribution in [2.45, 2.75) is 139 Å². The molecule has 0 heterocycles. The van der Waals surface area contributed by atoms with Gasteiger partial charge in [0.25, 0.3) is 0 Å². The highest BCUT2D eigenvalue weighted by Gasteiger charge is 2.62. The van der Waals surface area contributed by atoms with Crippen LogP contribution in [0.5, 0.6) is 0 Å². The fourth-order valence-corrected chi connectivity index (χ4v) is 9.41. The molecule has 3 saturated carbocycles. The lowest BCUT2D eigenvalue weighted by atomic mass is 9.43. The zero-order chi connectivity index (χ0) is 22.2. The van der Waals surface area contributed by atoms with Gasteiger partial charge in [0.1, 0.15) is 0 Å². The van der Waals surface area contributed by atoms with Gasteiger partial charge in [0, 0.05) is 0 Å². The van der Waals surface area contributed by atoms with Crippen molar-refractivity contribution in [2.75, 3.05) is 0 Å². The topological polar surface area (TPSA) is 0 Å². The van der Waals surface area contributed by atoms with Crippen molar-refractivity contribution in [2.24, 2.45) is 51.8 Å². The van der Waals surface area contributed by atoms with Crippen molar-refractivity contribution >= 4 is 0 Å². The summed E-state index contributed by atoms with van der Waals surface area (Å²) in [5.74, 6) is 5.69. The first-order valence-corrected chi connectivity index (χ1v) is 14.0. The van der Waals surface area contributed by atoms with Gasteiger partial charge in [-0.3, -0.25) is 0 Å². The summed E-state index contributed by atoms with van der Waals surface area (Å²) < 4.78 is 0. The van der Waals surface area contributed by atoms with Crippen molar-refractivity contribution in [3.8, 4) is 0 Å². The summed E-state index contributed by atoms with van der Waals surface area (Å²) in [6.45, 7) is 20.5. The van der Waals surface area contributed by atoms with Gasteiger partial charge in [0.05, 0.1) is 0 Å². The van der Waals surface area contributed by atoms with Gasteiger partial charge in [0.15, 0.2) is 0 Å². The summed E-state index contributed by atoms with van der Waals surface area (Å²) in [4.78, 5) is 0. The van der Waals surface area contributed by atoms with Crippen molar-refractivity contribution in [1.82, 2.24) is 0 Å². The molecule has 3 fully saturated rings. The Balaban J connectivity index is 1.55. The van der Waals surface area contributed by atoms with Crippen LogP contribution in [-0.2, 0) is 0 Å². The van der Waals surface area contributed by atoms with E-state index in [1.807, 2.05) is 0 Å². The Morgan fingerprint density at radius 2 is 1.33 bits per heavy atom. The third-order valence-corrected chi connectivity index (χ3v) is 11.0. The van der Waals surface area contributed by atoms with Crippen LogP contribution in [0.4, 0.5) is 0 Å². The smallest absolute Gasteiger partial charge is 0.0259 e. The third kappa shape index (κ3) is 4.83. The van der Waals surface area contributed by atoms with Gasteiger partial charge in [-0.25, -0.2) is 0 Å². The Morgan fingerprint density at radius 1 is 0.667 bits per heavy atom. The predicted molar refractivity (Wildman–Crippen MR) is 134 cm³/mol. The molecular weight excluding hydrogens is 360 g/mol. The molecule has 0 aromatic heterocycles. The molecule has 0 nitrogen and oxygen atoms in total. The van der Waals surface area contributed by atoms with E-state index in [0.29, 0.717) is 16.2 Å². The highest BCUT2D eigenvalue weighted by molar-refractivity contribution is 5.11. The van der Waals surface area contributed by atoms with Crippen LogP contribution in [0.3, 0.4) is 0 Å². The molecule has 0 N–H and O–H groups in total. The normalized spacial score (nSPS) is 40.1. The second-order valence-corrected chi connectivity index (χ2v) is 14.0. The Bertz CT molecular complexity index is 544. The van der Waals surface area contributed by atoms with Crippen molar-refractivity contribution < 1.29 is 0 Å². The number of hydrogen-bond donors (Lipinski definition) is 0. The van der Waals surface area contributed by atoms with Crippen molar-refractivity contribution in [3.05, 3.63) is 0 Å². The quantitative estimate of drug-likeness (QED) is 0.350. The second-order valence-electron chi connectivity index (χ2n) is 14.0. The first kappa shape index (κ1) is 24.6. The molecule has 0 aliphatic heterocycles.